The summed E-state index contributed by atoms with van der Waals surface area (Å²) in [5.41, 5.74) is 0. The van der Waals surface area contributed by atoms with Gasteiger partial charge in [0.2, 0.25) is 0 Å². The van der Waals surface area contributed by atoms with E-state index in [0.717, 1.165) is 0 Å². The van der Waals surface area contributed by atoms with Gasteiger partial charge in [-0.05, 0) is 0 Å². The van der Waals surface area contributed by atoms with E-state index < -0.39 is 8.69 Å². The SMILES string of the molecule is O=PO.[Fe].[LiH]. The normalized spacial score (nSPS) is 4.20. The van der Waals surface area contributed by atoms with Crippen LogP contribution in [0.1, 0.15) is 0 Å². The average Bonchev–Trinajstić information content (AvgIpc) is 0.918. The van der Waals surface area contributed by atoms with E-state index in [9.17, 15) is 0 Å². The fourth-order valence-electron chi connectivity index (χ4n) is 0. The summed E-state index contributed by atoms with van der Waals surface area (Å²) >= 11 is 0. The second kappa shape index (κ2) is 19.1. The summed E-state index contributed by atoms with van der Waals surface area (Å²) in [6.45, 7) is 0. The second-order valence-electron chi connectivity index (χ2n) is 0.0816. The zero-order valence-electron chi connectivity index (χ0n) is 1.66. The third kappa shape index (κ3) is 37.7. The minimum absolute atomic E-state index is 0. The van der Waals surface area contributed by atoms with Crippen molar-refractivity contribution in [3.05, 3.63) is 0 Å². The third-order valence-electron chi connectivity index (χ3n) is 0. The van der Waals surface area contributed by atoms with Gasteiger partial charge in [-0.25, -0.2) is 4.57 Å². The molecule has 0 unspecified atom stereocenters. The van der Waals surface area contributed by atoms with Gasteiger partial charge in [-0.1, -0.05) is 0 Å². The van der Waals surface area contributed by atoms with Gasteiger partial charge in [-0.15, -0.1) is 0 Å². The first-order valence-electron chi connectivity index (χ1n) is 0.383. The Bertz CT molecular complexity index is 17.1. The van der Waals surface area contributed by atoms with Gasteiger partial charge >= 0.3 is 27.5 Å². The Kier molecular flexibility index (Phi) is 62.5. The third-order valence-corrected chi connectivity index (χ3v) is 0. The van der Waals surface area contributed by atoms with Crippen LogP contribution >= 0.6 is 8.69 Å². The Hall–Kier alpha value is 1.18. The van der Waals surface area contributed by atoms with Gasteiger partial charge in [0.25, 0.3) is 0 Å². The molecule has 5 heteroatoms. The summed E-state index contributed by atoms with van der Waals surface area (Å²) in [7, 11) is -0.833. The molecule has 1 N–H and O–H groups in total. The number of hydrogen-bond acceptors (Lipinski definition) is 1. The molecule has 0 aliphatic carbocycles. The minimum atomic E-state index is -0.833. The van der Waals surface area contributed by atoms with Gasteiger partial charge in [-0.3, -0.25) is 0 Å². The Labute approximate surface area is 54.3 Å². The second-order valence-corrected chi connectivity index (χ2v) is 0.245. The van der Waals surface area contributed by atoms with Crippen LogP contribution in [0.5, 0.6) is 0 Å². The fraction of sp³-hybridized carbons (Fsp3) is 0. The molecular formula is H2FeLiO2P. The monoisotopic (exact) mass is 128 g/mol. The van der Waals surface area contributed by atoms with Crippen molar-refractivity contribution in [2.45, 2.75) is 0 Å². The number of rotatable bonds is 0. The van der Waals surface area contributed by atoms with E-state index in [-0.39, 0.29) is 35.9 Å². The van der Waals surface area contributed by atoms with Crippen molar-refractivity contribution in [2.75, 3.05) is 0 Å². The maximum absolute atomic E-state index is 8.46. The molecule has 0 rings (SSSR count). The van der Waals surface area contributed by atoms with Gasteiger partial charge < -0.3 is 4.89 Å². The molecule has 0 aromatic heterocycles. The predicted octanol–water partition coefficient (Wildman–Crippen LogP) is -0.466. The van der Waals surface area contributed by atoms with Crippen LogP contribution in [0.25, 0.3) is 0 Å². The zero-order chi connectivity index (χ0) is 2.71. The summed E-state index contributed by atoms with van der Waals surface area (Å²) < 4.78 is 8.46. The van der Waals surface area contributed by atoms with Crippen molar-refractivity contribution >= 4 is 27.5 Å². The zero-order valence-corrected chi connectivity index (χ0v) is 3.65. The van der Waals surface area contributed by atoms with E-state index in [0.29, 0.717) is 0 Å². The van der Waals surface area contributed by atoms with Crippen molar-refractivity contribution in [3.63, 3.8) is 0 Å². The quantitative estimate of drug-likeness (QED) is 0.353. The van der Waals surface area contributed by atoms with E-state index in [1.807, 2.05) is 0 Å². The topological polar surface area (TPSA) is 37.3 Å². The molecule has 0 spiro atoms. The molecule has 5 heavy (non-hydrogen) atoms. The molecule has 0 amide bonds. The Morgan fingerprint density at radius 1 is 1.60 bits per heavy atom. The van der Waals surface area contributed by atoms with Crippen molar-refractivity contribution in [3.8, 4) is 0 Å². The van der Waals surface area contributed by atoms with Gasteiger partial charge in [0.1, 0.15) is 0 Å². The van der Waals surface area contributed by atoms with Crippen LogP contribution in [0, 0.1) is 0 Å². The fourth-order valence-corrected chi connectivity index (χ4v) is 0. The molecule has 0 atom stereocenters. The van der Waals surface area contributed by atoms with E-state index >= 15 is 0 Å². The van der Waals surface area contributed by atoms with Gasteiger partial charge in [-0.2, -0.15) is 0 Å². The van der Waals surface area contributed by atoms with E-state index in [4.69, 9.17) is 9.46 Å². The molecule has 0 aliphatic heterocycles. The van der Waals surface area contributed by atoms with Crippen LogP contribution in [0.3, 0.4) is 0 Å². The van der Waals surface area contributed by atoms with Crippen LogP contribution in [0.4, 0.5) is 0 Å². The van der Waals surface area contributed by atoms with E-state index in [1.165, 1.54) is 0 Å². The van der Waals surface area contributed by atoms with Crippen molar-refractivity contribution in [1.82, 2.24) is 0 Å². The average molecular weight is 128 g/mol. The summed E-state index contributed by atoms with van der Waals surface area (Å²) in [5, 5.41) is 0. The molecule has 0 fully saturated rings. The van der Waals surface area contributed by atoms with E-state index in [2.05, 4.69) is 0 Å². The Morgan fingerprint density at radius 3 is 1.60 bits per heavy atom. The summed E-state index contributed by atoms with van der Waals surface area (Å²) in [5.74, 6) is 0. The van der Waals surface area contributed by atoms with Crippen LogP contribution < -0.4 is 0 Å². The summed E-state index contributed by atoms with van der Waals surface area (Å²) in [6.07, 6.45) is 0. The predicted molar refractivity (Wildman–Crippen MR) is 17.0 cm³/mol. The Balaban J connectivity index is -0.0000000200. The molecule has 0 bridgehead atoms. The first-order chi connectivity index (χ1) is 1.41. The molecule has 2 nitrogen and oxygen atoms in total. The van der Waals surface area contributed by atoms with Crippen LogP contribution in [0.15, 0.2) is 0 Å². The van der Waals surface area contributed by atoms with Gasteiger partial charge in [0.05, 0.1) is 0 Å². The van der Waals surface area contributed by atoms with Crippen LogP contribution in [-0.2, 0) is 21.6 Å². The first kappa shape index (κ1) is 16.4. The van der Waals surface area contributed by atoms with Crippen LogP contribution in [0.2, 0.25) is 0 Å². The molecule has 28 valence electrons. The molecular weight excluding hydrogens is 126 g/mol. The van der Waals surface area contributed by atoms with Crippen molar-refractivity contribution in [2.24, 2.45) is 0 Å². The van der Waals surface area contributed by atoms with E-state index in [1.54, 1.807) is 0 Å². The van der Waals surface area contributed by atoms with Crippen molar-refractivity contribution < 1.29 is 26.5 Å². The summed E-state index contributed by atoms with van der Waals surface area (Å²) in [4.78, 5) is 6.99. The molecule has 0 radical (unpaired) electrons. The molecule has 0 heterocycles. The Morgan fingerprint density at radius 2 is 1.60 bits per heavy atom. The molecule has 0 aromatic carbocycles. The number of hydrogen-bond donors (Lipinski definition) is 1. The molecule has 0 saturated heterocycles. The van der Waals surface area contributed by atoms with Gasteiger partial charge in [0, 0.05) is 17.1 Å². The maximum atomic E-state index is 8.46. The molecule has 0 saturated carbocycles. The first-order valence-corrected chi connectivity index (χ1v) is 1.15. The van der Waals surface area contributed by atoms with Crippen molar-refractivity contribution in [1.29, 1.82) is 0 Å². The molecule has 0 aliphatic rings. The standard InChI is InChI=1S/Fe.Li.HO2P.H/c;;1-3-2;/h;;(H,1,2);. The summed E-state index contributed by atoms with van der Waals surface area (Å²) in [6, 6.07) is 0. The van der Waals surface area contributed by atoms with Crippen LogP contribution in [-0.4, -0.2) is 23.8 Å². The van der Waals surface area contributed by atoms with Gasteiger partial charge in [0.15, 0.2) is 0 Å². The molecule has 0 aromatic rings.